The van der Waals surface area contributed by atoms with Crippen molar-refractivity contribution < 1.29 is 14.2 Å². The molecule has 3 rings (SSSR count). The highest BCUT2D eigenvalue weighted by molar-refractivity contribution is 5.77. The van der Waals surface area contributed by atoms with Gasteiger partial charge in [-0.1, -0.05) is 6.92 Å². The number of methoxy groups -OCH3 is 1. The number of hydrogen-bond donors (Lipinski definition) is 0. The molecule has 0 bridgehead atoms. The summed E-state index contributed by atoms with van der Waals surface area (Å²) in [6.07, 6.45) is 0.992. The van der Waals surface area contributed by atoms with Gasteiger partial charge in [-0.05, 0) is 86.1 Å². The highest BCUT2D eigenvalue weighted by Crippen LogP contribution is 2.36. The van der Waals surface area contributed by atoms with Crippen LogP contribution in [-0.2, 0) is 0 Å². The average molecular weight is 377 g/mol. The van der Waals surface area contributed by atoms with Crippen molar-refractivity contribution >= 4 is 17.1 Å². The van der Waals surface area contributed by atoms with Crippen LogP contribution in [0.1, 0.15) is 20.3 Å². The summed E-state index contributed by atoms with van der Waals surface area (Å²) in [6.45, 7) is 5.46. The van der Waals surface area contributed by atoms with Gasteiger partial charge in [0.1, 0.15) is 17.2 Å². The fraction of sp³-hybridized carbons (Fsp3) is 0.250. The molecule has 0 radical (unpaired) electrons. The Morgan fingerprint density at radius 1 is 0.607 bits per heavy atom. The van der Waals surface area contributed by atoms with Crippen molar-refractivity contribution in [3.63, 3.8) is 0 Å². The lowest BCUT2D eigenvalue weighted by atomic mass is 10.2. The number of nitrogens with zero attached hydrogens (tertiary/aromatic N) is 1. The van der Waals surface area contributed by atoms with Crippen molar-refractivity contribution in [3.8, 4) is 17.2 Å². The molecule has 0 aliphatic rings. The van der Waals surface area contributed by atoms with Crippen LogP contribution in [0, 0.1) is 0 Å². The predicted octanol–water partition coefficient (Wildman–Crippen LogP) is 6.35. The van der Waals surface area contributed by atoms with E-state index in [-0.39, 0.29) is 0 Å². The smallest absolute Gasteiger partial charge is 0.119 e. The number of hydrogen-bond acceptors (Lipinski definition) is 4. The zero-order valence-electron chi connectivity index (χ0n) is 16.7. The van der Waals surface area contributed by atoms with Crippen molar-refractivity contribution in [1.82, 2.24) is 0 Å². The Labute approximate surface area is 167 Å². The van der Waals surface area contributed by atoms with Gasteiger partial charge in [0, 0.05) is 17.1 Å². The molecule has 3 aromatic rings. The summed E-state index contributed by atoms with van der Waals surface area (Å²) in [7, 11) is 1.67. The van der Waals surface area contributed by atoms with E-state index in [1.807, 2.05) is 43.3 Å². The van der Waals surface area contributed by atoms with E-state index in [2.05, 4.69) is 48.2 Å². The molecule has 0 aliphatic heterocycles. The molecule has 146 valence electrons. The van der Waals surface area contributed by atoms with Gasteiger partial charge in [-0.2, -0.15) is 0 Å². The van der Waals surface area contributed by atoms with E-state index in [1.165, 1.54) is 0 Å². The SMILES string of the molecule is CCCOc1ccc(N(c2ccc(OC)cc2)c2ccc(OCC)cc2)cc1. The monoisotopic (exact) mass is 377 g/mol. The fourth-order valence-electron chi connectivity index (χ4n) is 2.95. The Bertz CT molecular complexity index is 843. The molecule has 28 heavy (non-hydrogen) atoms. The molecule has 0 spiro atoms. The number of anilines is 3. The maximum atomic E-state index is 5.72. The maximum absolute atomic E-state index is 5.72. The third-order valence-electron chi connectivity index (χ3n) is 4.30. The van der Waals surface area contributed by atoms with Gasteiger partial charge in [0.05, 0.1) is 20.3 Å². The van der Waals surface area contributed by atoms with E-state index < -0.39 is 0 Å². The van der Waals surface area contributed by atoms with Crippen molar-refractivity contribution in [2.24, 2.45) is 0 Å². The predicted molar refractivity (Wildman–Crippen MR) is 115 cm³/mol. The Hall–Kier alpha value is -3.14. The molecule has 0 atom stereocenters. The molecule has 0 aliphatic carbocycles. The molecule has 4 nitrogen and oxygen atoms in total. The summed E-state index contributed by atoms with van der Waals surface area (Å²) in [5.41, 5.74) is 3.15. The third-order valence-corrected chi connectivity index (χ3v) is 4.30. The average Bonchev–Trinajstić information content (AvgIpc) is 2.75. The maximum Gasteiger partial charge on any atom is 0.119 e. The van der Waals surface area contributed by atoms with Gasteiger partial charge in [-0.15, -0.1) is 0 Å². The summed E-state index contributed by atoms with van der Waals surface area (Å²) in [5.74, 6) is 2.58. The Morgan fingerprint density at radius 3 is 1.43 bits per heavy atom. The minimum Gasteiger partial charge on any atom is -0.497 e. The summed E-state index contributed by atoms with van der Waals surface area (Å²) < 4.78 is 16.6. The minimum atomic E-state index is 0.654. The van der Waals surface area contributed by atoms with Gasteiger partial charge in [-0.3, -0.25) is 0 Å². The summed E-state index contributed by atoms with van der Waals surface area (Å²) in [6, 6.07) is 24.3. The van der Waals surface area contributed by atoms with E-state index in [4.69, 9.17) is 14.2 Å². The van der Waals surface area contributed by atoms with E-state index in [9.17, 15) is 0 Å². The van der Waals surface area contributed by atoms with Crippen LogP contribution in [0.4, 0.5) is 17.1 Å². The lowest BCUT2D eigenvalue weighted by Crippen LogP contribution is -2.10. The van der Waals surface area contributed by atoms with Crippen LogP contribution < -0.4 is 19.1 Å². The summed E-state index contributed by atoms with van der Waals surface area (Å²) >= 11 is 0. The van der Waals surface area contributed by atoms with Crippen LogP contribution in [0.5, 0.6) is 17.2 Å². The van der Waals surface area contributed by atoms with Crippen molar-refractivity contribution in [3.05, 3.63) is 72.8 Å². The Morgan fingerprint density at radius 2 is 1.04 bits per heavy atom. The molecule has 4 heteroatoms. The van der Waals surface area contributed by atoms with Gasteiger partial charge in [0.25, 0.3) is 0 Å². The van der Waals surface area contributed by atoms with Crippen molar-refractivity contribution in [2.75, 3.05) is 25.2 Å². The second-order valence-corrected chi connectivity index (χ2v) is 6.30. The molecule has 0 fully saturated rings. The van der Waals surface area contributed by atoms with E-state index >= 15 is 0 Å². The zero-order valence-corrected chi connectivity index (χ0v) is 16.7. The van der Waals surface area contributed by atoms with E-state index in [1.54, 1.807) is 7.11 Å². The van der Waals surface area contributed by atoms with Crippen LogP contribution in [0.3, 0.4) is 0 Å². The number of ether oxygens (including phenoxy) is 3. The van der Waals surface area contributed by atoms with Crippen LogP contribution in [0.2, 0.25) is 0 Å². The van der Waals surface area contributed by atoms with Crippen LogP contribution in [0.25, 0.3) is 0 Å². The lowest BCUT2D eigenvalue weighted by molar-refractivity contribution is 0.317. The number of rotatable bonds is 9. The van der Waals surface area contributed by atoms with Crippen molar-refractivity contribution in [2.45, 2.75) is 20.3 Å². The Kier molecular flexibility index (Phi) is 6.79. The molecule has 0 heterocycles. The first-order valence-corrected chi connectivity index (χ1v) is 9.65. The van der Waals surface area contributed by atoms with Crippen LogP contribution >= 0.6 is 0 Å². The topological polar surface area (TPSA) is 30.9 Å². The van der Waals surface area contributed by atoms with Crippen LogP contribution in [0.15, 0.2) is 72.8 Å². The molecule has 3 aromatic carbocycles. The quantitative estimate of drug-likeness (QED) is 0.434. The molecule has 0 amide bonds. The normalized spacial score (nSPS) is 10.4. The highest BCUT2D eigenvalue weighted by Gasteiger charge is 2.13. The van der Waals surface area contributed by atoms with Gasteiger partial charge >= 0.3 is 0 Å². The zero-order chi connectivity index (χ0) is 19.8. The number of benzene rings is 3. The highest BCUT2D eigenvalue weighted by atomic mass is 16.5. The van der Waals surface area contributed by atoms with Gasteiger partial charge in [0.2, 0.25) is 0 Å². The fourth-order valence-corrected chi connectivity index (χ4v) is 2.95. The third kappa shape index (κ3) is 4.77. The molecular formula is C24H27NO3. The molecule has 0 unspecified atom stereocenters. The van der Waals surface area contributed by atoms with Gasteiger partial charge < -0.3 is 19.1 Å². The largest absolute Gasteiger partial charge is 0.497 e. The van der Waals surface area contributed by atoms with Gasteiger partial charge in [-0.25, -0.2) is 0 Å². The first-order valence-electron chi connectivity index (χ1n) is 9.65. The standard InChI is InChI=1S/C24H27NO3/c1-4-18-28-24-16-10-21(11-17-24)25(19-6-12-22(26-3)13-7-19)20-8-14-23(15-9-20)27-5-2/h6-17H,4-5,18H2,1-3H3. The molecule has 0 N–H and O–H groups in total. The first-order chi connectivity index (χ1) is 13.7. The summed E-state index contributed by atoms with van der Waals surface area (Å²) in [5, 5.41) is 0. The van der Waals surface area contributed by atoms with E-state index in [0.717, 1.165) is 47.3 Å². The first kappa shape index (κ1) is 19.6. The van der Waals surface area contributed by atoms with Gasteiger partial charge in [0.15, 0.2) is 0 Å². The second-order valence-electron chi connectivity index (χ2n) is 6.30. The Balaban J connectivity index is 1.95. The summed E-state index contributed by atoms with van der Waals surface area (Å²) in [4.78, 5) is 2.19. The molecular weight excluding hydrogens is 350 g/mol. The minimum absolute atomic E-state index is 0.654. The van der Waals surface area contributed by atoms with Crippen molar-refractivity contribution in [1.29, 1.82) is 0 Å². The lowest BCUT2D eigenvalue weighted by Gasteiger charge is -2.26. The molecule has 0 saturated carbocycles. The molecule has 0 aromatic heterocycles. The molecule has 0 saturated heterocycles. The van der Waals surface area contributed by atoms with Crippen LogP contribution in [-0.4, -0.2) is 20.3 Å². The van der Waals surface area contributed by atoms with E-state index in [0.29, 0.717) is 6.61 Å². The second kappa shape index (κ2) is 9.70.